The Balaban J connectivity index is 2.66. The van der Waals surface area contributed by atoms with Gasteiger partial charge >= 0.3 is 10.3 Å². The molecule has 11 heteroatoms. The molecule has 0 aromatic carbocycles. The maximum absolute atomic E-state index is 10.4. The fraction of sp³-hybridized carbons (Fsp3) is 1.00. The normalized spacial score (nSPS) is 39.2. The number of aliphatic hydroxyl groups is 4. The van der Waals surface area contributed by atoms with Gasteiger partial charge in [-0.05, 0) is 0 Å². The molecule has 1 rings (SSSR count). The molecule has 1 fully saturated rings. The highest BCUT2D eigenvalue weighted by molar-refractivity contribution is 7.83. The van der Waals surface area contributed by atoms with Crippen LogP contribution in [0.2, 0.25) is 0 Å². The van der Waals surface area contributed by atoms with Crippen molar-refractivity contribution < 1.29 is 38.1 Å². The Morgan fingerprint density at radius 1 is 1.18 bits per heavy atom. The molecule has 0 amide bonds. The van der Waals surface area contributed by atoms with E-state index in [2.05, 4.69) is 0 Å². The third kappa shape index (κ3) is 3.80. The highest BCUT2D eigenvalue weighted by Gasteiger charge is 2.43. The first kappa shape index (κ1) is 14.7. The molecule has 0 bridgehead atoms. The average molecular weight is 274 g/mol. The summed E-state index contributed by atoms with van der Waals surface area (Å²) in [6.07, 6.45) is -6.00. The highest BCUT2D eigenvalue weighted by Crippen LogP contribution is 2.19. The number of hydrogen-bond donors (Lipinski definition) is 7. The van der Waals surface area contributed by atoms with Crippen LogP contribution in [0.3, 0.4) is 0 Å². The second-order valence-corrected chi connectivity index (χ2v) is 4.63. The molecule has 0 saturated carbocycles. The summed E-state index contributed by atoms with van der Waals surface area (Å²) >= 11 is 0. The van der Waals surface area contributed by atoms with Crippen LogP contribution in [0.5, 0.6) is 0 Å². The monoisotopic (exact) mass is 274 g/mol. The summed E-state index contributed by atoms with van der Waals surface area (Å²) in [5.74, 6) is 0. The maximum Gasteiger partial charge on any atom is 0.346 e. The molecule has 0 aromatic rings. The fourth-order valence-electron chi connectivity index (χ4n) is 1.40. The van der Waals surface area contributed by atoms with Crippen molar-refractivity contribution in [1.82, 2.24) is 10.3 Å². The molecule has 0 radical (unpaired) electrons. The molecular weight excluding hydrogens is 260 g/mol. The number of rotatable bonds is 4. The minimum atomic E-state index is -4.58. The van der Waals surface area contributed by atoms with Crippen molar-refractivity contribution in [3.05, 3.63) is 0 Å². The second kappa shape index (κ2) is 5.51. The van der Waals surface area contributed by atoms with Crippen molar-refractivity contribution >= 4 is 10.3 Å². The summed E-state index contributed by atoms with van der Waals surface area (Å²) in [4.78, 5) is 1.41. The first-order chi connectivity index (χ1) is 7.76. The lowest BCUT2D eigenvalue weighted by Crippen LogP contribution is -2.65. The molecule has 1 unspecified atom stereocenters. The lowest BCUT2D eigenvalue weighted by atomic mass is 9.98. The Bertz CT molecular complexity index is 348. The lowest BCUT2D eigenvalue weighted by Gasteiger charge is -2.40. The first-order valence-corrected chi connectivity index (χ1v) is 6.00. The van der Waals surface area contributed by atoms with Crippen molar-refractivity contribution in [1.29, 1.82) is 0 Å². The fourth-order valence-corrected chi connectivity index (χ4v) is 1.68. The van der Waals surface area contributed by atoms with E-state index in [1.54, 1.807) is 0 Å². The molecule has 1 aliphatic heterocycles. The molecule has 1 heterocycles. The molecule has 0 aromatic heterocycles. The molecule has 10 nitrogen and oxygen atoms in total. The van der Waals surface area contributed by atoms with Crippen LogP contribution in [0.4, 0.5) is 0 Å². The van der Waals surface area contributed by atoms with E-state index in [-0.39, 0.29) is 0 Å². The molecule has 7 N–H and O–H groups in total. The Kier molecular flexibility index (Phi) is 4.77. The quantitative estimate of drug-likeness (QED) is 0.198. The summed E-state index contributed by atoms with van der Waals surface area (Å²) in [7, 11) is -4.58. The molecule has 5 atom stereocenters. The lowest BCUT2D eigenvalue weighted by molar-refractivity contribution is -0.255. The van der Waals surface area contributed by atoms with Gasteiger partial charge in [0.2, 0.25) is 0 Å². The van der Waals surface area contributed by atoms with Gasteiger partial charge in [-0.25, -0.2) is 5.43 Å². The van der Waals surface area contributed by atoms with Crippen molar-refractivity contribution in [2.24, 2.45) is 0 Å². The minimum absolute atomic E-state index is 0.631. The van der Waals surface area contributed by atoms with Gasteiger partial charge in [0.05, 0.1) is 6.61 Å². The largest absolute Gasteiger partial charge is 0.394 e. The van der Waals surface area contributed by atoms with Crippen molar-refractivity contribution in [2.45, 2.75) is 30.6 Å². The molecule has 0 aliphatic carbocycles. The second-order valence-electron chi connectivity index (χ2n) is 3.48. The van der Waals surface area contributed by atoms with Gasteiger partial charge in [0, 0.05) is 0 Å². The van der Waals surface area contributed by atoms with Crippen LogP contribution in [0.1, 0.15) is 0 Å². The Hall–Kier alpha value is -0.370. The van der Waals surface area contributed by atoms with Gasteiger partial charge in [0.15, 0.2) is 6.29 Å². The van der Waals surface area contributed by atoms with Crippen LogP contribution >= 0.6 is 0 Å². The molecule has 102 valence electrons. The summed E-state index contributed by atoms with van der Waals surface area (Å²) in [5, 5.41) is 37.1. The van der Waals surface area contributed by atoms with E-state index in [1.807, 2.05) is 5.43 Å². The number of aliphatic hydroxyl groups excluding tert-OH is 4. The number of hydrazine groups is 1. The standard InChI is InChI=1S/C6H14N2O8S/c9-1-2-4(10)5(11)3(6(12)16-2)7-8-17(13,14)15/h2-12H,1H2,(H,13,14,15)/t2-,3-,4-,5-,6?/m1/s1. The van der Waals surface area contributed by atoms with Crippen molar-refractivity contribution in [2.75, 3.05) is 6.61 Å². The van der Waals surface area contributed by atoms with Crippen LogP contribution in [0, 0.1) is 0 Å². The molecule has 1 saturated heterocycles. The Labute approximate surface area is 96.7 Å². The van der Waals surface area contributed by atoms with E-state index in [9.17, 15) is 23.7 Å². The third-order valence-electron chi connectivity index (χ3n) is 2.25. The topological polar surface area (TPSA) is 169 Å². The van der Waals surface area contributed by atoms with Crippen LogP contribution < -0.4 is 10.3 Å². The van der Waals surface area contributed by atoms with E-state index in [4.69, 9.17) is 14.4 Å². The zero-order valence-corrected chi connectivity index (χ0v) is 9.28. The van der Waals surface area contributed by atoms with E-state index in [0.717, 1.165) is 0 Å². The highest BCUT2D eigenvalue weighted by atomic mass is 32.2. The smallest absolute Gasteiger partial charge is 0.346 e. The molecular formula is C6H14N2O8S. The summed E-state index contributed by atoms with van der Waals surface area (Å²) in [6, 6.07) is -1.41. The van der Waals surface area contributed by atoms with Gasteiger partial charge in [-0.1, -0.05) is 0 Å². The van der Waals surface area contributed by atoms with E-state index in [1.165, 1.54) is 4.83 Å². The zero-order chi connectivity index (χ0) is 13.2. The predicted octanol–water partition coefficient (Wildman–Crippen LogP) is -4.32. The van der Waals surface area contributed by atoms with E-state index < -0.39 is 47.6 Å². The Morgan fingerprint density at radius 3 is 2.24 bits per heavy atom. The van der Waals surface area contributed by atoms with Crippen LogP contribution in [-0.4, -0.2) is 70.6 Å². The number of hydrogen-bond acceptors (Lipinski definition) is 8. The first-order valence-electron chi connectivity index (χ1n) is 4.56. The van der Waals surface area contributed by atoms with E-state index >= 15 is 0 Å². The molecule has 17 heavy (non-hydrogen) atoms. The number of ether oxygens (including phenoxy) is 1. The van der Waals surface area contributed by atoms with Gasteiger partial charge in [0.1, 0.15) is 24.4 Å². The van der Waals surface area contributed by atoms with Crippen molar-refractivity contribution in [3.8, 4) is 0 Å². The predicted molar refractivity (Wildman–Crippen MR) is 51.6 cm³/mol. The third-order valence-corrected chi connectivity index (χ3v) is 2.63. The van der Waals surface area contributed by atoms with Crippen molar-refractivity contribution in [3.63, 3.8) is 0 Å². The van der Waals surface area contributed by atoms with Crippen LogP contribution in [0.15, 0.2) is 0 Å². The SMILES string of the molecule is O=S(=O)(O)NN[C@H]1C(O)O[C@H](CO)[C@@H](O)[C@@H]1O. The average Bonchev–Trinajstić information content (AvgIpc) is 2.21. The molecule has 0 spiro atoms. The van der Waals surface area contributed by atoms with Gasteiger partial charge in [-0.15, -0.1) is 4.83 Å². The van der Waals surface area contributed by atoms with E-state index in [0.29, 0.717) is 0 Å². The van der Waals surface area contributed by atoms with Gasteiger partial charge in [-0.3, -0.25) is 4.55 Å². The molecule has 1 aliphatic rings. The minimum Gasteiger partial charge on any atom is -0.394 e. The number of nitrogens with one attached hydrogen (secondary N) is 2. The summed E-state index contributed by atoms with van der Waals surface area (Å²) < 4.78 is 33.8. The summed E-state index contributed by atoms with van der Waals surface area (Å²) in [6.45, 7) is -0.631. The van der Waals surface area contributed by atoms with Gasteiger partial charge in [0.25, 0.3) is 0 Å². The van der Waals surface area contributed by atoms with Crippen LogP contribution in [-0.2, 0) is 15.0 Å². The Morgan fingerprint density at radius 2 is 1.76 bits per heavy atom. The summed E-state index contributed by atoms with van der Waals surface area (Å²) in [5.41, 5.74) is 1.88. The van der Waals surface area contributed by atoms with Gasteiger partial charge < -0.3 is 25.2 Å². The zero-order valence-electron chi connectivity index (χ0n) is 8.46. The van der Waals surface area contributed by atoms with Crippen LogP contribution in [0.25, 0.3) is 0 Å². The maximum atomic E-state index is 10.4. The van der Waals surface area contributed by atoms with Gasteiger partial charge in [-0.2, -0.15) is 8.42 Å².